The molecule has 3 rings (SSSR count). The Morgan fingerprint density at radius 2 is 2.14 bits per heavy atom. The van der Waals surface area contributed by atoms with Gasteiger partial charge < -0.3 is 9.15 Å². The fourth-order valence-electron chi connectivity index (χ4n) is 2.58. The predicted molar refractivity (Wildman–Crippen MR) is 84.5 cm³/mol. The van der Waals surface area contributed by atoms with E-state index in [2.05, 4.69) is 22.0 Å². The quantitative estimate of drug-likeness (QED) is 0.843. The Balaban J connectivity index is 1.61. The zero-order chi connectivity index (χ0) is 15.7. The molecular weight excluding hydrogens is 325 g/mol. The molecule has 0 amide bonds. The highest BCUT2D eigenvalue weighted by molar-refractivity contribution is 6.42. The van der Waals surface area contributed by atoms with Gasteiger partial charge in [0.2, 0.25) is 11.8 Å². The van der Waals surface area contributed by atoms with Crippen molar-refractivity contribution < 1.29 is 9.15 Å². The second-order valence-electron chi connectivity index (χ2n) is 5.43. The lowest BCUT2D eigenvalue weighted by Gasteiger charge is -2.21. The summed E-state index contributed by atoms with van der Waals surface area (Å²) in [5.74, 6) is 1.97. The summed E-state index contributed by atoms with van der Waals surface area (Å²) >= 11 is 11.9. The van der Waals surface area contributed by atoms with E-state index in [1.165, 1.54) is 0 Å². The molecule has 0 aliphatic carbocycles. The van der Waals surface area contributed by atoms with Crippen molar-refractivity contribution in [2.45, 2.75) is 32.4 Å². The third-order valence-electron chi connectivity index (χ3n) is 3.82. The summed E-state index contributed by atoms with van der Waals surface area (Å²) in [7, 11) is 0. The van der Waals surface area contributed by atoms with Crippen LogP contribution in [0.3, 0.4) is 0 Å². The molecule has 118 valence electrons. The molecule has 0 radical (unpaired) electrons. The molecule has 1 aliphatic heterocycles. The molecule has 0 saturated carbocycles. The molecule has 0 bridgehead atoms. The van der Waals surface area contributed by atoms with Crippen LogP contribution in [0.4, 0.5) is 0 Å². The summed E-state index contributed by atoms with van der Waals surface area (Å²) in [6.07, 6.45) is 1.06. The number of likely N-dealkylation sites (tertiary alicyclic amines) is 1. The first-order valence-electron chi connectivity index (χ1n) is 7.18. The first kappa shape index (κ1) is 15.6. The first-order valence-corrected chi connectivity index (χ1v) is 7.94. The lowest BCUT2D eigenvalue weighted by molar-refractivity contribution is 0.170. The van der Waals surface area contributed by atoms with Crippen LogP contribution in [0.2, 0.25) is 10.0 Å². The van der Waals surface area contributed by atoms with E-state index in [0.717, 1.165) is 25.3 Å². The molecule has 7 heteroatoms. The Kier molecular flexibility index (Phi) is 4.57. The molecule has 1 fully saturated rings. The van der Waals surface area contributed by atoms with Gasteiger partial charge in [-0.05, 0) is 25.5 Å². The van der Waals surface area contributed by atoms with Gasteiger partial charge in [0.05, 0.1) is 16.1 Å². The van der Waals surface area contributed by atoms with Crippen molar-refractivity contribution in [3.63, 3.8) is 0 Å². The third-order valence-corrected chi connectivity index (χ3v) is 4.56. The van der Waals surface area contributed by atoms with E-state index in [-0.39, 0.29) is 12.1 Å². The zero-order valence-corrected chi connectivity index (χ0v) is 13.9. The maximum atomic E-state index is 6.01. The SMILES string of the molecule is Cc1nnc([C@@H](C)N2CC[C@H](Oc3ccc(Cl)c(Cl)c3)C2)o1. The Labute approximate surface area is 139 Å². The summed E-state index contributed by atoms with van der Waals surface area (Å²) < 4.78 is 11.5. The van der Waals surface area contributed by atoms with Crippen molar-refractivity contribution in [1.29, 1.82) is 0 Å². The van der Waals surface area contributed by atoms with Gasteiger partial charge in [-0.15, -0.1) is 10.2 Å². The fourth-order valence-corrected chi connectivity index (χ4v) is 2.87. The number of hydrogen-bond donors (Lipinski definition) is 0. The average molecular weight is 342 g/mol. The van der Waals surface area contributed by atoms with Crippen molar-refractivity contribution in [3.8, 4) is 5.75 Å². The largest absolute Gasteiger partial charge is 0.489 e. The second kappa shape index (κ2) is 6.44. The monoisotopic (exact) mass is 341 g/mol. The molecule has 1 aromatic heterocycles. The second-order valence-corrected chi connectivity index (χ2v) is 6.25. The molecule has 1 aromatic carbocycles. The molecule has 22 heavy (non-hydrogen) atoms. The summed E-state index contributed by atoms with van der Waals surface area (Å²) in [4.78, 5) is 2.27. The van der Waals surface area contributed by atoms with Gasteiger partial charge in [-0.25, -0.2) is 0 Å². The van der Waals surface area contributed by atoms with Crippen LogP contribution in [0.15, 0.2) is 22.6 Å². The van der Waals surface area contributed by atoms with Gasteiger partial charge in [-0.1, -0.05) is 23.2 Å². The maximum Gasteiger partial charge on any atom is 0.233 e. The van der Waals surface area contributed by atoms with E-state index in [1.807, 2.05) is 6.07 Å². The molecule has 1 aliphatic rings. The molecule has 1 saturated heterocycles. The van der Waals surface area contributed by atoms with Crippen molar-refractivity contribution in [2.75, 3.05) is 13.1 Å². The van der Waals surface area contributed by atoms with E-state index < -0.39 is 0 Å². The topological polar surface area (TPSA) is 51.4 Å². The van der Waals surface area contributed by atoms with Gasteiger partial charge in [0.1, 0.15) is 11.9 Å². The van der Waals surface area contributed by atoms with Gasteiger partial charge in [-0.2, -0.15) is 0 Å². The number of benzene rings is 1. The summed E-state index contributed by atoms with van der Waals surface area (Å²) in [5.41, 5.74) is 0. The number of ether oxygens (including phenoxy) is 1. The molecule has 2 aromatic rings. The maximum absolute atomic E-state index is 6.01. The van der Waals surface area contributed by atoms with Gasteiger partial charge in [0.25, 0.3) is 0 Å². The fraction of sp³-hybridized carbons (Fsp3) is 0.467. The number of aromatic nitrogens is 2. The smallest absolute Gasteiger partial charge is 0.233 e. The lowest BCUT2D eigenvalue weighted by atomic mass is 10.3. The highest BCUT2D eigenvalue weighted by Gasteiger charge is 2.30. The van der Waals surface area contributed by atoms with Crippen LogP contribution in [-0.4, -0.2) is 34.3 Å². The van der Waals surface area contributed by atoms with E-state index in [0.29, 0.717) is 21.8 Å². The molecule has 0 unspecified atom stereocenters. The standard InChI is InChI=1S/C15H17Cl2N3O2/c1-9(15-19-18-10(2)21-15)20-6-5-12(8-20)22-11-3-4-13(16)14(17)7-11/h3-4,7,9,12H,5-6,8H2,1-2H3/t9-,12+/m1/s1. The van der Waals surface area contributed by atoms with Gasteiger partial charge >= 0.3 is 0 Å². The minimum absolute atomic E-state index is 0.0867. The number of aryl methyl sites for hydroxylation is 1. The number of nitrogens with zero attached hydrogens (tertiary/aromatic N) is 3. The van der Waals surface area contributed by atoms with Crippen LogP contribution in [0.5, 0.6) is 5.75 Å². The van der Waals surface area contributed by atoms with Crippen molar-refractivity contribution in [2.24, 2.45) is 0 Å². The number of halogens is 2. The van der Waals surface area contributed by atoms with E-state index >= 15 is 0 Å². The Morgan fingerprint density at radius 3 is 2.82 bits per heavy atom. The van der Waals surface area contributed by atoms with Crippen LogP contribution in [-0.2, 0) is 0 Å². The molecule has 0 spiro atoms. The highest BCUT2D eigenvalue weighted by Crippen LogP contribution is 2.29. The van der Waals surface area contributed by atoms with E-state index in [1.54, 1.807) is 19.1 Å². The van der Waals surface area contributed by atoms with Crippen LogP contribution in [0.25, 0.3) is 0 Å². The molecule has 2 heterocycles. The van der Waals surface area contributed by atoms with Crippen molar-refractivity contribution in [1.82, 2.24) is 15.1 Å². The summed E-state index contributed by atoms with van der Waals surface area (Å²) in [5, 5.41) is 9.00. The van der Waals surface area contributed by atoms with Crippen molar-refractivity contribution in [3.05, 3.63) is 40.0 Å². The molecular formula is C15H17Cl2N3O2. The van der Waals surface area contributed by atoms with Crippen LogP contribution >= 0.6 is 23.2 Å². The minimum atomic E-state index is 0.0867. The van der Waals surface area contributed by atoms with Gasteiger partial charge in [0.15, 0.2) is 0 Å². The van der Waals surface area contributed by atoms with E-state index in [4.69, 9.17) is 32.4 Å². The Morgan fingerprint density at radius 1 is 1.32 bits per heavy atom. The third kappa shape index (κ3) is 3.37. The first-order chi connectivity index (χ1) is 10.5. The zero-order valence-electron chi connectivity index (χ0n) is 12.4. The molecule has 5 nitrogen and oxygen atoms in total. The van der Waals surface area contributed by atoms with Gasteiger partial charge in [-0.3, -0.25) is 4.90 Å². The Bertz CT molecular complexity index is 662. The number of rotatable bonds is 4. The predicted octanol–water partition coefficient (Wildman–Crippen LogP) is 3.90. The lowest BCUT2D eigenvalue weighted by Crippen LogP contribution is -2.27. The minimum Gasteiger partial charge on any atom is -0.489 e. The average Bonchev–Trinajstić information content (AvgIpc) is 3.11. The molecule has 2 atom stereocenters. The normalized spacial score (nSPS) is 20.3. The summed E-state index contributed by atoms with van der Waals surface area (Å²) in [6.45, 7) is 5.59. The number of hydrogen-bond acceptors (Lipinski definition) is 5. The molecule has 0 N–H and O–H groups in total. The van der Waals surface area contributed by atoms with Crippen LogP contribution in [0.1, 0.15) is 31.2 Å². The summed E-state index contributed by atoms with van der Waals surface area (Å²) in [6, 6.07) is 5.41. The van der Waals surface area contributed by atoms with Crippen LogP contribution < -0.4 is 4.74 Å². The Hall–Kier alpha value is -1.30. The van der Waals surface area contributed by atoms with Gasteiger partial charge in [0, 0.05) is 26.1 Å². The van der Waals surface area contributed by atoms with Crippen LogP contribution in [0, 0.1) is 6.92 Å². The highest BCUT2D eigenvalue weighted by atomic mass is 35.5. The van der Waals surface area contributed by atoms with Crippen molar-refractivity contribution >= 4 is 23.2 Å². The van der Waals surface area contributed by atoms with E-state index in [9.17, 15) is 0 Å².